The van der Waals surface area contributed by atoms with Crippen molar-refractivity contribution in [1.29, 1.82) is 0 Å². The molecule has 0 amide bonds. The molecule has 0 aliphatic rings. The fourth-order valence-corrected chi connectivity index (χ4v) is 1.51. The van der Waals surface area contributed by atoms with Crippen molar-refractivity contribution in [3.63, 3.8) is 0 Å². The van der Waals surface area contributed by atoms with E-state index in [0.717, 1.165) is 0 Å². The first-order valence-corrected chi connectivity index (χ1v) is 5.26. The number of aromatic hydroxyl groups is 1. The molecule has 5 heteroatoms. The van der Waals surface area contributed by atoms with Gasteiger partial charge < -0.3 is 19.9 Å². The van der Waals surface area contributed by atoms with Crippen molar-refractivity contribution >= 4 is 5.97 Å². The minimum atomic E-state index is -0.450. The molecular weight excluding hydrogens is 222 g/mol. The molecule has 0 aromatic heterocycles. The van der Waals surface area contributed by atoms with Gasteiger partial charge in [0.05, 0.1) is 19.8 Å². The van der Waals surface area contributed by atoms with Gasteiger partial charge >= 0.3 is 5.97 Å². The molecule has 0 atom stereocenters. The van der Waals surface area contributed by atoms with Gasteiger partial charge in [-0.25, -0.2) is 4.79 Å². The van der Waals surface area contributed by atoms with Crippen molar-refractivity contribution < 1.29 is 19.4 Å². The Labute approximate surface area is 100 Å². The summed E-state index contributed by atoms with van der Waals surface area (Å²) >= 11 is 0. The van der Waals surface area contributed by atoms with Crippen LogP contribution in [0.4, 0.5) is 0 Å². The van der Waals surface area contributed by atoms with Crippen LogP contribution in [0.1, 0.15) is 15.9 Å². The van der Waals surface area contributed by atoms with Crippen LogP contribution in [0.3, 0.4) is 0 Å². The lowest BCUT2D eigenvalue weighted by Crippen LogP contribution is -2.11. The molecule has 0 saturated heterocycles. The summed E-state index contributed by atoms with van der Waals surface area (Å²) in [5.41, 5.74) is 1.02. The lowest BCUT2D eigenvalue weighted by Gasteiger charge is -2.11. The number of methoxy groups -OCH3 is 2. The lowest BCUT2D eigenvalue weighted by atomic mass is 10.1. The van der Waals surface area contributed by atoms with Gasteiger partial charge in [0.15, 0.2) is 11.5 Å². The minimum Gasteiger partial charge on any atom is -0.504 e. The van der Waals surface area contributed by atoms with E-state index in [2.05, 4.69) is 10.1 Å². The third-order valence-corrected chi connectivity index (χ3v) is 2.44. The number of ether oxygens (including phenoxy) is 2. The summed E-state index contributed by atoms with van der Waals surface area (Å²) in [4.78, 5) is 11.4. The zero-order valence-corrected chi connectivity index (χ0v) is 10.2. The maximum atomic E-state index is 11.4. The maximum Gasteiger partial charge on any atom is 0.337 e. The Hall–Kier alpha value is -1.75. The first kappa shape index (κ1) is 13.3. The minimum absolute atomic E-state index is 0.0652. The van der Waals surface area contributed by atoms with E-state index in [4.69, 9.17) is 4.74 Å². The fourth-order valence-electron chi connectivity index (χ4n) is 1.51. The number of hydrogen-bond acceptors (Lipinski definition) is 5. The summed E-state index contributed by atoms with van der Waals surface area (Å²) in [7, 11) is 4.57. The Balaban J connectivity index is 3.13. The molecule has 0 saturated carbocycles. The predicted octanol–water partition coefficient (Wildman–Crippen LogP) is 0.949. The smallest absolute Gasteiger partial charge is 0.337 e. The van der Waals surface area contributed by atoms with Crippen molar-refractivity contribution in [2.75, 3.05) is 27.8 Å². The summed E-state index contributed by atoms with van der Waals surface area (Å²) < 4.78 is 9.67. The Kier molecular flexibility index (Phi) is 4.78. The highest BCUT2D eigenvalue weighted by Gasteiger charge is 2.14. The second kappa shape index (κ2) is 6.10. The monoisotopic (exact) mass is 239 g/mol. The molecule has 0 heterocycles. The molecule has 1 aromatic rings. The number of phenols is 1. The second-order valence-electron chi connectivity index (χ2n) is 3.53. The van der Waals surface area contributed by atoms with Crippen LogP contribution in [0.25, 0.3) is 0 Å². The molecule has 0 radical (unpaired) electrons. The summed E-state index contributed by atoms with van der Waals surface area (Å²) in [6, 6.07) is 3.07. The van der Waals surface area contributed by atoms with Gasteiger partial charge in [0.25, 0.3) is 0 Å². The number of likely N-dealkylation sites (N-methyl/N-ethyl adjacent to an activating group) is 1. The van der Waals surface area contributed by atoms with Gasteiger partial charge in [0, 0.05) is 0 Å². The summed E-state index contributed by atoms with van der Waals surface area (Å²) in [5, 5.41) is 12.9. The molecule has 0 aliphatic carbocycles. The number of rotatable bonds is 5. The number of carbonyl (C=O) groups is 1. The molecule has 1 aromatic carbocycles. The number of esters is 1. The largest absolute Gasteiger partial charge is 0.504 e. The van der Waals surface area contributed by atoms with Gasteiger partial charge in [0.2, 0.25) is 0 Å². The third kappa shape index (κ3) is 3.10. The van der Waals surface area contributed by atoms with Crippen LogP contribution in [-0.2, 0) is 11.2 Å². The molecule has 5 nitrogen and oxygen atoms in total. The van der Waals surface area contributed by atoms with Crippen LogP contribution < -0.4 is 10.1 Å². The van der Waals surface area contributed by atoms with Crippen molar-refractivity contribution in [3.8, 4) is 11.5 Å². The summed E-state index contributed by atoms with van der Waals surface area (Å²) in [6.45, 7) is 0.696. The molecular formula is C12H17NO4. The van der Waals surface area contributed by atoms with E-state index in [9.17, 15) is 9.90 Å². The van der Waals surface area contributed by atoms with Gasteiger partial charge in [-0.1, -0.05) is 0 Å². The Morgan fingerprint density at radius 3 is 2.65 bits per heavy atom. The summed E-state index contributed by atoms with van der Waals surface area (Å²) in [6.07, 6.45) is 0.601. The molecule has 0 unspecified atom stereocenters. The van der Waals surface area contributed by atoms with Crippen LogP contribution >= 0.6 is 0 Å². The van der Waals surface area contributed by atoms with E-state index in [1.54, 1.807) is 6.07 Å². The molecule has 0 bridgehead atoms. The number of benzene rings is 1. The average Bonchev–Trinajstić information content (AvgIpc) is 2.36. The van der Waals surface area contributed by atoms with E-state index in [1.165, 1.54) is 20.3 Å². The van der Waals surface area contributed by atoms with Crippen molar-refractivity contribution in [2.24, 2.45) is 0 Å². The predicted molar refractivity (Wildman–Crippen MR) is 63.6 cm³/mol. The van der Waals surface area contributed by atoms with Crippen LogP contribution in [0.5, 0.6) is 11.5 Å². The number of nitrogens with one attached hydrogen (secondary N) is 1. The highest BCUT2D eigenvalue weighted by Crippen LogP contribution is 2.31. The molecule has 1 rings (SSSR count). The standard InChI is InChI=1S/C12H17NO4/c1-13-5-4-8-6-9(12(15)17-3)7-10(16-2)11(8)14/h6-7,13-14H,4-5H2,1-3H3. The average molecular weight is 239 g/mol. The molecule has 0 spiro atoms. The molecule has 0 fully saturated rings. The number of phenolic OH excluding ortho intramolecular Hbond substituents is 1. The van der Waals surface area contributed by atoms with E-state index in [1.807, 2.05) is 7.05 Å². The van der Waals surface area contributed by atoms with E-state index in [-0.39, 0.29) is 11.5 Å². The normalized spacial score (nSPS) is 10.1. The number of hydrogen-bond donors (Lipinski definition) is 2. The van der Waals surface area contributed by atoms with Crippen LogP contribution in [0.15, 0.2) is 12.1 Å². The van der Waals surface area contributed by atoms with Crippen molar-refractivity contribution in [1.82, 2.24) is 5.32 Å². The SMILES string of the molecule is CNCCc1cc(C(=O)OC)cc(OC)c1O. The van der Waals surface area contributed by atoms with E-state index >= 15 is 0 Å². The third-order valence-electron chi connectivity index (χ3n) is 2.44. The van der Waals surface area contributed by atoms with Gasteiger partial charge in [0.1, 0.15) is 0 Å². The highest BCUT2D eigenvalue weighted by atomic mass is 16.5. The molecule has 0 aliphatic heterocycles. The molecule has 17 heavy (non-hydrogen) atoms. The first-order valence-electron chi connectivity index (χ1n) is 5.26. The number of carbonyl (C=O) groups excluding carboxylic acids is 1. The topological polar surface area (TPSA) is 67.8 Å². The first-order chi connectivity index (χ1) is 8.13. The summed E-state index contributed by atoms with van der Waals surface area (Å²) in [5.74, 6) is -0.108. The highest BCUT2D eigenvalue weighted by molar-refractivity contribution is 5.90. The van der Waals surface area contributed by atoms with E-state index in [0.29, 0.717) is 24.1 Å². The Morgan fingerprint density at radius 2 is 2.12 bits per heavy atom. The van der Waals surface area contributed by atoms with Gasteiger partial charge in [-0.3, -0.25) is 0 Å². The van der Waals surface area contributed by atoms with Gasteiger partial charge in [-0.15, -0.1) is 0 Å². The van der Waals surface area contributed by atoms with Gasteiger partial charge in [-0.2, -0.15) is 0 Å². The molecule has 2 N–H and O–H groups in total. The Morgan fingerprint density at radius 1 is 1.41 bits per heavy atom. The lowest BCUT2D eigenvalue weighted by molar-refractivity contribution is 0.0600. The second-order valence-corrected chi connectivity index (χ2v) is 3.53. The van der Waals surface area contributed by atoms with Gasteiger partial charge in [-0.05, 0) is 37.7 Å². The van der Waals surface area contributed by atoms with Crippen LogP contribution in [0.2, 0.25) is 0 Å². The fraction of sp³-hybridized carbons (Fsp3) is 0.417. The maximum absolute atomic E-state index is 11.4. The molecule has 94 valence electrons. The zero-order chi connectivity index (χ0) is 12.8. The van der Waals surface area contributed by atoms with Crippen molar-refractivity contribution in [2.45, 2.75) is 6.42 Å². The quantitative estimate of drug-likeness (QED) is 0.749. The van der Waals surface area contributed by atoms with Crippen LogP contribution in [0, 0.1) is 0 Å². The van der Waals surface area contributed by atoms with Crippen LogP contribution in [-0.4, -0.2) is 38.9 Å². The zero-order valence-electron chi connectivity index (χ0n) is 10.2. The van der Waals surface area contributed by atoms with Crippen molar-refractivity contribution in [3.05, 3.63) is 23.3 Å². The van der Waals surface area contributed by atoms with E-state index < -0.39 is 5.97 Å². The Bertz CT molecular complexity index is 404.